The van der Waals surface area contributed by atoms with Crippen LogP contribution in [0, 0.1) is 0 Å². The maximum absolute atomic E-state index is 11.4. The van der Waals surface area contributed by atoms with Gasteiger partial charge in [-0.3, -0.25) is 9.69 Å². The molecule has 1 heterocycles. The Labute approximate surface area is 104 Å². The van der Waals surface area contributed by atoms with E-state index in [9.17, 15) is 4.79 Å². The molecule has 2 aliphatic rings. The summed E-state index contributed by atoms with van der Waals surface area (Å²) < 4.78 is 0. The van der Waals surface area contributed by atoms with Crippen molar-refractivity contribution in [1.82, 2.24) is 15.1 Å². The van der Waals surface area contributed by atoms with Gasteiger partial charge in [-0.2, -0.15) is 0 Å². The molecule has 4 nitrogen and oxygen atoms in total. The molecule has 0 aromatic heterocycles. The highest BCUT2D eigenvalue weighted by atomic mass is 16.2. The number of nitrogens with zero attached hydrogens (tertiary/aromatic N) is 2. The monoisotopic (exact) mass is 239 g/mol. The minimum Gasteiger partial charge on any atom is -0.349 e. The highest BCUT2D eigenvalue weighted by molar-refractivity contribution is 5.75. The third kappa shape index (κ3) is 3.42. The first-order valence-electron chi connectivity index (χ1n) is 6.77. The van der Waals surface area contributed by atoms with Crippen LogP contribution >= 0.6 is 0 Å². The third-order valence-corrected chi connectivity index (χ3v) is 3.91. The molecule has 1 aliphatic carbocycles. The summed E-state index contributed by atoms with van der Waals surface area (Å²) in [7, 11) is 3.63. The van der Waals surface area contributed by atoms with E-state index in [0.717, 1.165) is 12.6 Å². The van der Waals surface area contributed by atoms with Crippen molar-refractivity contribution in [3.05, 3.63) is 0 Å². The molecule has 0 spiro atoms. The van der Waals surface area contributed by atoms with Gasteiger partial charge in [-0.1, -0.05) is 0 Å². The Balaban J connectivity index is 1.65. The quantitative estimate of drug-likeness (QED) is 0.766. The minimum atomic E-state index is 0.211. The number of hydrogen-bond donors (Lipinski definition) is 1. The fraction of sp³-hybridized carbons (Fsp3) is 0.923. The van der Waals surface area contributed by atoms with Crippen LogP contribution in [0.4, 0.5) is 0 Å². The van der Waals surface area contributed by atoms with Crippen molar-refractivity contribution >= 4 is 5.91 Å². The van der Waals surface area contributed by atoms with Crippen molar-refractivity contribution in [3.63, 3.8) is 0 Å². The summed E-state index contributed by atoms with van der Waals surface area (Å²) in [4.78, 5) is 15.7. The molecule has 1 N–H and O–H groups in total. The number of hydrogen-bond acceptors (Lipinski definition) is 3. The lowest BCUT2D eigenvalue weighted by Gasteiger charge is -2.19. The number of rotatable bonds is 5. The van der Waals surface area contributed by atoms with Crippen LogP contribution in [0.3, 0.4) is 0 Å². The molecule has 0 bridgehead atoms. The molecule has 1 amide bonds. The van der Waals surface area contributed by atoms with Crippen LogP contribution in [0.15, 0.2) is 0 Å². The summed E-state index contributed by atoms with van der Waals surface area (Å²) in [6.45, 7) is 4.31. The predicted octanol–water partition coefficient (Wildman–Crippen LogP) is 0.680. The van der Waals surface area contributed by atoms with E-state index in [1.54, 1.807) is 4.90 Å². The van der Waals surface area contributed by atoms with Gasteiger partial charge in [0.15, 0.2) is 0 Å². The van der Waals surface area contributed by atoms with Crippen LogP contribution in [0.1, 0.15) is 32.6 Å². The molecule has 1 saturated heterocycles. The van der Waals surface area contributed by atoms with E-state index in [1.807, 2.05) is 14.1 Å². The topological polar surface area (TPSA) is 35.6 Å². The fourth-order valence-electron chi connectivity index (χ4n) is 2.73. The number of carbonyl (C=O) groups is 1. The zero-order valence-corrected chi connectivity index (χ0v) is 11.3. The molecule has 0 radical (unpaired) electrons. The molecule has 98 valence electrons. The first-order valence-corrected chi connectivity index (χ1v) is 6.77. The van der Waals surface area contributed by atoms with Crippen LogP contribution in [-0.4, -0.2) is 61.0 Å². The Morgan fingerprint density at radius 1 is 1.41 bits per heavy atom. The van der Waals surface area contributed by atoms with Gasteiger partial charge in [0.05, 0.1) is 0 Å². The molecular formula is C13H25N3O. The highest BCUT2D eigenvalue weighted by Gasteiger charge is 2.38. The minimum absolute atomic E-state index is 0.211. The largest absolute Gasteiger partial charge is 0.349 e. The van der Waals surface area contributed by atoms with Crippen molar-refractivity contribution < 1.29 is 4.79 Å². The van der Waals surface area contributed by atoms with Gasteiger partial charge >= 0.3 is 0 Å². The second-order valence-corrected chi connectivity index (χ2v) is 5.70. The molecule has 2 rings (SSSR count). The third-order valence-electron chi connectivity index (χ3n) is 3.91. The van der Waals surface area contributed by atoms with Crippen LogP contribution in [-0.2, 0) is 4.79 Å². The average Bonchev–Trinajstić information content (AvgIpc) is 3.03. The first kappa shape index (κ1) is 12.8. The van der Waals surface area contributed by atoms with Gasteiger partial charge < -0.3 is 10.2 Å². The SMILES string of the molecule is CC1CC(NCCC(=O)N(C)C)CN1C1CC1. The summed E-state index contributed by atoms with van der Waals surface area (Å²) in [5.74, 6) is 0.211. The van der Waals surface area contributed by atoms with Crippen molar-refractivity contribution in [2.75, 3.05) is 27.2 Å². The predicted molar refractivity (Wildman–Crippen MR) is 68.9 cm³/mol. The Hall–Kier alpha value is -0.610. The molecule has 4 heteroatoms. The van der Waals surface area contributed by atoms with Crippen molar-refractivity contribution in [2.45, 2.75) is 50.7 Å². The van der Waals surface area contributed by atoms with Crippen molar-refractivity contribution in [3.8, 4) is 0 Å². The lowest BCUT2D eigenvalue weighted by molar-refractivity contribution is -0.128. The summed E-state index contributed by atoms with van der Waals surface area (Å²) in [6.07, 6.45) is 4.61. The van der Waals surface area contributed by atoms with Gasteiger partial charge in [-0.15, -0.1) is 0 Å². The maximum atomic E-state index is 11.4. The summed E-state index contributed by atoms with van der Waals surface area (Å²) >= 11 is 0. The summed E-state index contributed by atoms with van der Waals surface area (Å²) in [6, 6.07) is 2.16. The first-order chi connectivity index (χ1) is 8.08. The van der Waals surface area contributed by atoms with E-state index in [2.05, 4.69) is 17.1 Å². The molecular weight excluding hydrogens is 214 g/mol. The van der Waals surface area contributed by atoms with Gasteiger partial charge in [0.2, 0.25) is 5.91 Å². The number of carbonyl (C=O) groups excluding carboxylic acids is 1. The molecule has 17 heavy (non-hydrogen) atoms. The van der Waals surface area contributed by atoms with E-state index in [1.165, 1.54) is 25.8 Å². The van der Waals surface area contributed by atoms with E-state index in [4.69, 9.17) is 0 Å². The fourth-order valence-corrected chi connectivity index (χ4v) is 2.73. The summed E-state index contributed by atoms with van der Waals surface area (Å²) in [5, 5.41) is 3.52. The maximum Gasteiger partial charge on any atom is 0.223 e. The highest BCUT2D eigenvalue weighted by Crippen LogP contribution is 2.33. The van der Waals surface area contributed by atoms with Crippen LogP contribution in [0.5, 0.6) is 0 Å². The molecule has 1 saturated carbocycles. The molecule has 2 fully saturated rings. The van der Waals surface area contributed by atoms with Crippen LogP contribution in [0.25, 0.3) is 0 Å². The van der Waals surface area contributed by atoms with Gasteiger partial charge in [0, 0.05) is 51.7 Å². The molecule has 2 unspecified atom stereocenters. The lowest BCUT2D eigenvalue weighted by atomic mass is 10.2. The zero-order valence-electron chi connectivity index (χ0n) is 11.3. The molecule has 2 atom stereocenters. The number of nitrogens with one attached hydrogen (secondary N) is 1. The number of amides is 1. The van der Waals surface area contributed by atoms with Gasteiger partial charge in [0.1, 0.15) is 0 Å². The van der Waals surface area contributed by atoms with Gasteiger partial charge in [0.25, 0.3) is 0 Å². The van der Waals surface area contributed by atoms with E-state index in [0.29, 0.717) is 18.5 Å². The Morgan fingerprint density at radius 2 is 2.12 bits per heavy atom. The number of likely N-dealkylation sites (tertiary alicyclic amines) is 1. The van der Waals surface area contributed by atoms with Gasteiger partial charge in [-0.25, -0.2) is 0 Å². The van der Waals surface area contributed by atoms with Crippen LogP contribution in [0.2, 0.25) is 0 Å². The Bertz CT molecular complexity index is 276. The van der Waals surface area contributed by atoms with Crippen molar-refractivity contribution in [1.29, 1.82) is 0 Å². The second-order valence-electron chi connectivity index (χ2n) is 5.70. The molecule has 0 aromatic rings. The van der Waals surface area contributed by atoms with Crippen LogP contribution < -0.4 is 5.32 Å². The Kier molecular flexibility index (Phi) is 4.05. The molecule has 0 aromatic carbocycles. The van der Waals surface area contributed by atoms with E-state index in [-0.39, 0.29) is 5.91 Å². The average molecular weight is 239 g/mol. The smallest absolute Gasteiger partial charge is 0.223 e. The van der Waals surface area contributed by atoms with E-state index < -0.39 is 0 Å². The standard InChI is InChI=1S/C13H25N3O/c1-10-8-11(9-16(10)12-4-5-12)14-7-6-13(17)15(2)3/h10-12,14H,4-9H2,1-3H3. The zero-order chi connectivity index (χ0) is 12.4. The normalized spacial score (nSPS) is 29.6. The Morgan fingerprint density at radius 3 is 2.71 bits per heavy atom. The second kappa shape index (κ2) is 5.36. The van der Waals surface area contributed by atoms with Gasteiger partial charge in [-0.05, 0) is 26.2 Å². The lowest BCUT2D eigenvalue weighted by Crippen LogP contribution is -2.36. The van der Waals surface area contributed by atoms with Crippen molar-refractivity contribution in [2.24, 2.45) is 0 Å². The summed E-state index contributed by atoms with van der Waals surface area (Å²) in [5.41, 5.74) is 0. The van der Waals surface area contributed by atoms with E-state index >= 15 is 0 Å². The molecule has 1 aliphatic heterocycles.